The van der Waals surface area contributed by atoms with Gasteiger partial charge < -0.3 is 4.90 Å². The zero-order valence-electron chi connectivity index (χ0n) is 6.78. The van der Waals surface area contributed by atoms with Gasteiger partial charge in [0.15, 0.2) is 0 Å². The van der Waals surface area contributed by atoms with Crippen LogP contribution in [0.2, 0.25) is 0 Å². The van der Waals surface area contributed by atoms with E-state index in [-0.39, 0.29) is 0 Å². The van der Waals surface area contributed by atoms with Crippen LogP contribution in [0.25, 0.3) is 0 Å². The van der Waals surface area contributed by atoms with Crippen molar-refractivity contribution in [3.05, 3.63) is 24.5 Å². The highest BCUT2D eigenvalue weighted by Gasteiger charge is 2.19. The van der Waals surface area contributed by atoms with Gasteiger partial charge >= 0.3 is 0 Å². The number of alkyl halides is 1. The molecule has 1 unspecified atom stereocenters. The summed E-state index contributed by atoms with van der Waals surface area (Å²) in [5.74, 6) is 0. The highest BCUT2D eigenvalue weighted by atomic mass is 79.9. The van der Waals surface area contributed by atoms with Crippen LogP contribution in [-0.4, -0.2) is 22.9 Å². The molecule has 2 heterocycles. The molecule has 0 amide bonds. The van der Waals surface area contributed by atoms with E-state index in [9.17, 15) is 0 Å². The minimum absolute atomic E-state index is 0.658. The highest BCUT2D eigenvalue weighted by molar-refractivity contribution is 9.09. The zero-order valence-corrected chi connectivity index (χ0v) is 8.37. The molecule has 1 aliphatic rings. The van der Waals surface area contributed by atoms with Gasteiger partial charge in [0.25, 0.3) is 0 Å². The molecular weight excluding hydrogens is 216 g/mol. The third-order valence-corrected chi connectivity index (χ3v) is 2.91. The van der Waals surface area contributed by atoms with E-state index in [4.69, 9.17) is 0 Å². The molecule has 1 fully saturated rings. The standard InChI is InChI=1S/C9H11BrN2/c10-8-3-6-12(7-8)9-1-4-11-5-2-9/h1-2,4-5,8H,3,6-7H2. The summed E-state index contributed by atoms with van der Waals surface area (Å²) in [7, 11) is 0. The summed E-state index contributed by atoms with van der Waals surface area (Å²) in [4.78, 5) is 7.03. The van der Waals surface area contributed by atoms with Crippen LogP contribution in [-0.2, 0) is 0 Å². The minimum atomic E-state index is 0.658. The summed E-state index contributed by atoms with van der Waals surface area (Å²) >= 11 is 3.62. The van der Waals surface area contributed by atoms with E-state index in [2.05, 4.69) is 37.9 Å². The Labute approximate surface area is 80.7 Å². The van der Waals surface area contributed by atoms with Crippen molar-refractivity contribution >= 4 is 21.6 Å². The molecule has 0 radical (unpaired) electrons. The van der Waals surface area contributed by atoms with Crippen molar-refractivity contribution < 1.29 is 0 Å². The fraction of sp³-hybridized carbons (Fsp3) is 0.444. The third kappa shape index (κ3) is 1.61. The predicted molar refractivity (Wildman–Crippen MR) is 53.8 cm³/mol. The largest absolute Gasteiger partial charge is 0.370 e. The predicted octanol–water partition coefficient (Wildman–Crippen LogP) is 2.06. The Hall–Kier alpha value is -0.570. The smallest absolute Gasteiger partial charge is 0.0397 e. The van der Waals surface area contributed by atoms with Crippen LogP contribution < -0.4 is 4.90 Å². The molecule has 1 aromatic heterocycles. The van der Waals surface area contributed by atoms with Gasteiger partial charge in [0.05, 0.1) is 0 Å². The Morgan fingerprint density at radius 1 is 1.42 bits per heavy atom. The summed E-state index contributed by atoms with van der Waals surface area (Å²) < 4.78 is 0. The number of halogens is 1. The lowest BCUT2D eigenvalue weighted by Gasteiger charge is -2.16. The van der Waals surface area contributed by atoms with E-state index in [1.807, 2.05) is 12.4 Å². The van der Waals surface area contributed by atoms with Gasteiger partial charge in [0, 0.05) is 36.0 Å². The van der Waals surface area contributed by atoms with Crippen LogP contribution in [0.4, 0.5) is 5.69 Å². The van der Waals surface area contributed by atoms with Crippen LogP contribution in [0.15, 0.2) is 24.5 Å². The molecule has 2 nitrogen and oxygen atoms in total. The first kappa shape index (κ1) is 8.05. The second kappa shape index (κ2) is 3.44. The van der Waals surface area contributed by atoms with Crippen LogP contribution in [0, 0.1) is 0 Å². The summed E-state index contributed by atoms with van der Waals surface area (Å²) in [6, 6.07) is 4.12. The van der Waals surface area contributed by atoms with Crippen LogP contribution in [0.1, 0.15) is 6.42 Å². The minimum Gasteiger partial charge on any atom is -0.370 e. The molecule has 1 aliphatic heterocycles. The molecule has 0 aliphatic carbocycles. The topological polar surface area (TPSA) is 16.1 Å². The normalized spacial score (nSPS) is 23.1. The fourth-order valence-electron chi connectivity index (χ4n) is 1.51. The van der Waals surface area contributed by atoms with E-state index in [0.29, 0.717) is 4.83 Å². The highest BCUT2D eigenvalue weighted by Crippen LogP contribution is 2.22. The van der Waals surface area contributed by atoms with E-state index < -0.39 is 0 Å². The number of rotatable bonds is 1. The Balaban J connectivity index is 2.11. The average Bonchev–Trinajstić information content (AvgIpc) is 2.54. The number of pyridine rings is 1. The first-order chi connectivity index (χ1) is 5.86. The molecule has 12 heavy (non-hydrogen) atoms. The quantitative estimate of drug-likeness (QED) is 0.682. The molecule has 0 saturated carbocycles. The van der Waals surface area contributed by atoms with Crippen LogP contribution in [0.3, 0.4) is 0 Å². The van der Waals surface area contributed by atoms with Crippen molar-refractivity contribution in [3.63, 3.8) is 0 Å². The number of aromatic nitrogens is 1. The van der Waals surface area contributed by atoms with Crippen molar-refractivity contribution in [1.29, 1.82) is 0 Å². The maximum Gasteiger partial charge on any atom is 0.0397 e. The first-order valence-electron chi connectivity index (χ1n) is 4.15. The zero-order chi connectivity index (χ0) is 8.39. The van der Waals surface area contributed by atoms with E-state index in [1.165, 1.54) is 12.1 Å². The van der Waals surface area contributed by atoms with Gasteiger partial charge in [0.2, 0.25) is 0 Å². The summed E-state index contributed by atoms with van der Waals surface area (Å²) in [5, 5.41) is 0. The Bertz CT molecular complexity index is 250. The van der Waals surface area contributed by atoms with Crippen LogP contribution >= 0.6 is 15.9 Å². The average molecular weight is 227 g/mol. The number of nitrogens with zero attached hydrogens (tertiary/aromatic N) is 2. The SMILES string of the molecule is BrC1CCN(c2ccncc2)C1. The summed E-state index contributed by atoms with van der Waals surface area (Å²) in [6.45, 7) is 2.27. The van der Waals surface area contributed by atoms with Crippen molar-refractivity contribution in [2.45, 2.75) is 11.2 Å². The molecule has 2 rings (SSSR count). The number of hydrogen-bond acceptors (Lipinski definition) is 2. The van der Waals surface area contributed by atoms with Gasteiger partial charge in [-0.15, -0.1) is 0 Å². The second-order valence-corrected chi connectivity index (χ2v) is 4.33. The van der Waals surface area contributed by atoms with E-state index in [1.54, 1.807) is 0 Å². The van der Waals surface area contributed by atoms with Gasteiger partial charge in [-0.05, 0) is 18.6 Å². The van der Waals surface area contributed by atoms with E-state index >= 15 is 0 Å². The monoisotopic (exact) mass is 226 g/mol. The fourth-order valence-corrected chi connectivity index (χ4v) is 2.06. The first-order valence-corrected chi connectivity index (χ1v) is 5.07. The van der Waals surface area contributed by atoms with Gasteiger partial charge in [-0.1, -0.05) is 15.9 Å². The lowest BCUT2D eigenvalue weighted by Crippen LogP contribution is -2.19. The molecule has 1 saturated heterocycles. The maximum atomic E-state index is 4.00. The molecule has 1 aromatic rings. The Morgan fingerprint density at radius 2 is 2.17 bits per heavy atom. The molecule has 0 N–H and O–H groups in total. The lowest BCUT2D eigenvalue weighted by atomic mass is 10.4. The Morgan fingerprint density at radius 3 is 2.75 bits per heavy atom. The molecule has 0 bridgehead atoms. The molecule has 3 heteroatoms. The lowest BCUT2D eigenvalue weighted by molar-refractivity contribution is 0.964. The third-order valence-electron chi connectivity index (χ3n) is 2.16. The van der Waals surface area contributed by atoms with Gasteiger partial charge in [-0.25, -0.2) is 0 Å². The number of anilines is 1. The number of hydrogen-bond donors (Lipinski definition) is 0. The van der Waals surface area contributed by atoms with Crippen molar-refractivity contribution in [3.8, 4) is 0 Å². The molecule has 0 spiro atoms. The van der Waals surface area contributed by atoms with Crippen molar-refractivity contribution in [1.82, 2.24) is 4.98 Å². The van der Waals surface area contributed by atoms with Crippen molar-refractivity contribution in [2.24, 2.45) is 0 Å². The Kier molecular flexibility index (Phi) is 2.30. The van der Waals surface area contributed by atoms with Crippen molar-refractivity contribution in [2.75, 3.05) is 18.0 Å². The maximum absolute atomic E-state index is 4.00. The molecule has 0 aromatic carbocycles. The van der Waals surface area contributed by atoms with E-state index in [0.717, 1.165) is 13.1 Å². The van der Waals surface area contributed by atoms with Gasteiger partial charge in [0.1, 0.15) is 0 Å². The summed E-state index contributed by atoms with van der Waals surface area (Å²) in [5.41, 5.74) is 1.28. The second-order valence-electron chi connectivity index (χ2n) is 3.04. The molecule has 1 atom stereocenters. The van der Waals surface area contributed by atoms with Crippen LogP contribution in [0.5, 0.6) is 0 Å². The van der Waals surface area contributed by atoms with Gasteiger partial charge in [-0.2, -0.15) is 0 Å². The molecule has 64 valence electrons. The summed E-state index contributed by atoms with van der Waals surface area (Å²) in [6.07, 6.45) is 4.93. The van der Waals surface area contributed by atoms with Gasteiger partial charge in [-0.3, -0.25) is 4.98 Å². The molecular formula is C9H11BrN2.